The highest BCUT2D eigenvalue weighted by Gasteiger charge is 2.26. The van der Waals surface area contributed by atoms with Crippen LogP contribution in [0, 0.1) is 5.92 Å². The quantitative estimate of drug-likeness (QED) is 0.802. The van der Waals surface area contributed by atoms with Gasteiger partial charge in [-0.15, -0.1) is 0 Å². The van der Waals surface area contributed by atoms with Crippen LogP contribution in [0.5, 0.6) is 0 Å². The van der Waals surface area contributed by atoms with E-state index in [4.69, 9.17) is 21.1 Å². The number of carbonyl (C=O) groups is 2. The van der Waals surface area contributed by atoms with Crippen LogP contribution in [0.15, 0.2) is 34.9 Å². The average molecular weight is 377 g/mol. The van der Waals surface area contributed by atoms with Crippen LogP contribution in [0.25, 0.3) is 11.3 Å². The number of benzene rings is 1. The average Bonchev–Trinajstić information content (AvgIpc) is 3.10. The van der Waals surface area contributed by atoms with Crippen molar-refractivity contribution in [2.75, 3.05) is 0 Å². The number of hydrogen-bond acceptors (Lipinski definition) is 4. The van der Waals surface area contributed by atoms with Gasteiger partial charge in [-0.1, -0.05) is 11.6 Å². The molecule has 1 aliphatic carbocycles. The third-order valence-electron chi connectivity index (χ3n) is 4.69. The van der Waals surface area contributed by atoms with E-state index in [0.29, 0.717) is 55.2 Å². The number of aryl methyl sites for hydroxylation is 1. The van der Waals surface area contributed by atoms with E-state index in [-0.39, 0.29) is 17.9 Å². The molecule has 1 saturated carbocycles. The van der Waals surface area contributed by atoms with Crippen LogP contribution in [0.2, 0.25) is 5.02 Å². The first-order chi connectivity index (χ1) is 12.5. The standard InChI is InChI=1S/C19H21ClN2O4/c20-14-5-1-12(2-6-14)16-11-21-18(26-16)10-9-17(23)22-15-7-3-13(4-8-15)19(24)25/h1-2,5-6,11,13,15H,3-4,7-10H2,(H,22,23)(H,24,25). The summed E-state index contributed by atoms with van der Waals surface area (Å²) >= 11 is 5.87. The number of carbonyl (C=O) groups excluding carboxylic acids is 1. The SMILES string of the molecule is O=C(CCc1ncc(-c2ccc(Cl)cc2)o1)NC1CCC(C(=O)O)CC1. The summed E-state index contributed by atoms with van der Waals surface area (Å²) in [5.41, 5.74) is 0.882. The number of nitrogens with one attached hydrogen (secondary N) is 1. The van der Waals surface area contributed by atoms with Gasteiger partial charge < -0.3 is 14.8 Å². The summed E-state index contributed by atoms with van der Waals surface area (Å²) in [5, 5.41) is 12.6. The maximum absolute atomic E-state index is 12.1. The topological polar surface area (TPSA) is 92.4 Å². The number of hydrogen-bond donors (Lipinski definition) is 2. The molecule has 1 amide bonds. The minimum atomic E-state index is -0.741. The maximum atomic E-state index is 12.1. The van der Waals surface area contributed by atoms with Gasteiger partial charge in [0.05, 0.1) is 12.1 Å². The molecular weight excluding hydrogens is 356 g/mol. The Hall–Kier alpha value is -2.34. The molecule has 7 heteroatoms. The van der Waals surface area contributed by atoms with E-state index in [1.54, 1.807) is 18.3 Å². The summed E-state index contributed by atoms with van der Waals surface area (Å²) in [5.74, 6) is 0.0793. The Morgan fingerprint density at radius 1 is 1.19 bits per heavy atom. The van der Waals surface area contributed by atoms with Crippen LogP contribution >= 0.6 is 11.6 Å². The molecule has 2 aromatic rings. The van der Waals surface area contributed by atoms with Gasteiger partial charge in [-0.05, 0) is 49.9 Å². The number of amides is 1. The Labute approximate surface area is 156 Å². The second-order valence-electron chi connectivity index (χ2n) is 6.58. The zero-order chi connectivity index (χ0) is 18.5. The highest BCUT2D eigenvalue weighted by Crippen LogP contribution is 2.25. The Morgan fingerprint density at radius 2 is 1.88 bits per heavy atom. The Bertz CT molecular complexity index is 764. The molecule has 6 nitrogen and oxygen atoms in total. The third-order valence-corrected chi connectivity index (χ3v) is 4.94. The normalized spacial score (nSPS) is 19.9. The summed E-state index contributed by atoms with van der Waals surface area (Å²) in [6.45, 7) is 0. The van der Waals surface area contributed by atoms with Crippen molar-refractivity contribution in [1.29, 1.82) is 0 Å². The van der Waals surface area contributed by atoms with Crippen LogP contribution in [0.4, 0.5) is 0 Å². The molecule has 26 heavy (non-hydrogen) atoms. The molecule has 0 aliphatic heterocycles. The van der Waals surface area contributed by atoms with Crippen molar-refractivity contribution >= 4 is 23.5 Å². The monoisotopic (exact) mass is 376 g/mol. The first-order valence-electron chi connectivity index (χ1n) is 8.74. The molecule has 1 aliphatic rings. The van der Waals surface area contributed by atoms with Gasteiger partial charge in [0.1, 0.15) is 0 Å². The number of oxazole rings is 1. The summed E-state index contributed by atoms with van der Waals surface area (Å²) in [6, 6.07) is 7.34. The van der Waals surface area contributed by atoms with Crippen LogP contribution < -0.4 is 5.32 Å². The Morgan fingerprint density at radius 3 is 2.54 bits per heavy atom. The predicted molar refractivity (Wildman–Crippen MR) is 96.8 cm³/mol. The second-order valence-corrected chi connectivity index (χ2v) is 7.02. The molecule has 0 saturated heterocycles. The van der Waals surface area contributed by atoms with Gasteiger partial charge in [-0.2, -0.15) is 0 Å². The molecule has 138 valence electrons. The summed E-state index contributed by atoms with van der Waals surface area (Å²) in [6.07, 6.45) is 5.01. The zero-order valence-electron chi connectivity index (χ0n) is 14.3. The van der Waals surface area contributed by atoms with Gasteiger partial charge in [-0.25, -0.2) is 4.98 Å². The van der Waals surface area contributed by atoms with Crippen molar-refractivity contribution in [1.82, 2.24) is 10.3 Å². The van der Waals surface area contributed by atoms with Gasteiger partial charge in [0.25, 0.3) is 0 Å². The van der Waals surface area contributed by atoms with Crippen molar-refractivity contribution in [2.24, 2.45) is 5.92 Å². The Balaban J connectivity index is 1.45. The lowest BCUT2D eigenvalue weighted by molar-refractivity contribution is -0.142. The largest absolute Gasteiger partial charge is 0.481 e. The molecule has 1 fully saturated rings. The zero-order valence-corrected chi connectivity index (χ0v) is 15.0. The molecule has 0 unspecified atom stereocenters. The first-order valence-corrected chi connectivity index (χ1v) is 9.12. The fourth-order valence-corrected chi connectivity index (χ4v) is 3.30. The summed E-state index contributed by atoms with van der Waals surface area (Å²) in [7, 11) is 0. The predicted octanol–water partition coefficient (Wildman–Crippen LogP) is 3.69. The van der Waals surface area contributed by atoms with Crippen molar-refractivity contribution in [3.63, 3.8) is 0 Å². The number of carboxylic acids is 1. The van der Waals surface area contributed by atoms with E-state index < -0.39 is 5.97 Å². The number of carboxylic acid groups (broad SMARTS) is 1. The third kappa shape index (κ3) is 4.85. The first kappa shape index (κ1) is 18.5. The van der Waals surface area contributed by atoms with Gasteiger partial charge in [0, 0.05) is 29.5 Å². The van der Waals surface area contributed by atoms with Gasteiger partial charge in [0.2, 0.25) is 5.91 Å². The van der Waals surface area contributed by atoms with Gasteiger partial charge >= 0.3 is 5.97 Å². The van der Waals surface area contributed by atoms with E-state index in [1.807, 2.05) is 12.1 Å². The second kappa shape index (κ2) is 8.36. The van der Waals surface area contributed by atoms with E-state index in [0.717, 1.165) is 5.56 Å². The minimum Gasteiger partial charge on any atom is -0.481 e. The van der Waals surface area contributed by atoms with Gasteiger partial charge in [0.15, 0.2) is 11.7 Å². The van der Waals surface area contributed by atoms with Crippen LogP contribution in [0.3, 0.4) is 0 Å². The van der Waals surface area contributed by atoms with Crippen LogP contribution in [-0.4, -0.2) is 28.0 Å². The number of aromatic nitrogens is 1. The van der Waals surface area contributed by atoms with E-state index in [2.05, 4.69) is 10.3 Å². The van der Waals surface area contributed by atoms with Crippen molar-refractivity contribution in [3.05, 3.63) is 41.4 Å². The number of nitrogens with zero attached hydrogens (tertiary/aromatic N) is 1. The molecule has 1 heterocycles. The number of aliphatic carboxylic acids is 1. The lowest BCUT2D eigenvalue weighted by atomic mass is 9.86. The fraction of sp³-hybridized carbons (Fsp3) is 0.421. The molecule has 2 N–H and O–H groups in total. The fourth-order valence-electron chi connectivity index (χ4n) is 3.18. The highest BCUT2D eigenvalue weighted by molar-refractivity contribution is 6.30. The summed E-state index contributed by atoms with van der Waals surface area (Å²) in [4.78, 5) is 27.3. The minimum absolute atomic E-state index is 0.0602. The van der Waals surface area contributed by atoms with Crippen molar-refractivity contribution in [2.45, 2.75) is 44.6 Å². The van der Waals surface area contributed by atoms with Crippen molar-refractivity contribution in [3.8, 4) is 11.3 Å². The van der Waals surface area contributed by atoms with E-state index >= 15 is 0 Å². The molecule has 0 spiro atoms. The van der Waals surface area contributed by atoms with Gasteiger partial charge in [-0.3, -0.25) is 9.59 Å². The van der Waals surface area contributed by atoms with E-state index in [9.17, 15) is 9.59 Å². The van der Waals surface area contributed by atoms with Crippen molar-refractivity contribution < 1.29 is 19.1 Å². The number of rotatable bonds is 6. The lowest BCUT2D eigenvalue weighted by Gasteiger charge is -2.26. The molecule has 3 rings (SSSR count). The Kier molecular flexibility index (Phi) is 5.93. The van der Waals surface area contributed by atoms with Crippen LogP contribution in [0.1, 0.15) is 38.0 Å². The lowest BCUT2D eigenvalue weighted by Crippen LogP contribution is -2.38. The molecule has 0 bridgehead atoms. The molecule has 1 aromatic heterocycles. The molecule has 0 radical (unpaired) electrons. The smallest absolute Gasteiger partial charge is 0.306 e. The number of halogens is 1. The van der Waals surface area contributed by atoms with E-state index in [1.165, 1.54) is 0 Å². The molecular formula is C19H21ClN2O4. The highest BCUT2D eigenvalue weighted by atomic mass is 35.5. The molecule has 0 atom stereocenters. The molecule has 1 aromatic carbocycles. The van der Waals surface area contributed by atoms with Crippen LogP contribution in [-0.2, 0) is 16.0 Å². The summed E-state index contributed by atoms with van der Waals surface area (Å²) < 4.78 is 5.69. The maximum Gasteiger partial charge on any atom is 0.306 e.